The van der Waals surface area contributed by atoms with Crippen LogP contribution < -0.4 is 5.73 Å². The van der Waals surface area contributed by atoms with Gasteiger partial charge in [0.1, 0.15) is 0 Å². The summed E-state index contributed by atoms with van der Waals surface area (Å²) < 4.78 is 2.17. The third-order valence-electron chi connectivity index (χ3n) is 4.65. The van der Waals surface area contributed by atoms with Crippen LogP contribution in [0.15, 0.2) is 18.2 Å². The number of anilines is 1. The summed E-state index contributed by atoms with van der Waals surface area (Å²) in [5.41, 5.74) is 8.50. The first-order valence-corrected chi connectivity index (χ1v) is 7.43. The highest BCUT2D eigenvalue weighted by Crippen LogP contribution is 2.43. The first-order chi connectivity index (χ1) is 9.13. The van der Waals surface area contributed by atoms with E-state index < -0.39 is 0 Å². The molecular formula is C15H20ClN3. The molecule has 2 N–H and O–H groups in total. The van der Waals surface area contributed by atoms with Crippen molar-refractivity contribution >= 4 is 28.6 Å². The molecule has 1 aliphatic carbocycles. The molecule has 1 aliphatic rings. The number of halogens is 1. The number of benzene rings is 1. The average Bonchev–Trinajstić information content (AvgIpc) is 2.96. The fraction of sp³-hybridized carbons (Fsp3) is 0.533. The number of nitrogens with two attached hydrogens (primary N) is 1. The fourth-order valence-corrected chi connectivity index (χ4v) is 3.54. The molecule has 0 unspecified atom stereocenters. The van der Waals surface area contributed by atoms with E-state index in [0.29, 0.717) is 16.4 Å². The lowest BCUT2D eigenvalue weighted by atomic mass is 9.83. The molecular weight excluding hydrogens is 258 g/mol. The standard InChI is InChI=1S/C15H20ClN3/c1-2-15(7-3-4-8-15)10-19-13-6-5-11(16)9-12(13)18-14(19)17/h5-6,9H,2-4,7-8,10H2,1H3,(H2,17,18). The van der Waals surface area contributed by atoms with Crippen LogP contribution in [0.5, 0.6) is 0 Å². The van der Waals surface area contributed by atoms with E-state index in [-0.39, 0.29) is 0 Å². The van der Waals surface area contributed by atoms with Gasteiger partial charge in [-0.3, -0.25) is 0 Å². The summed E-state index contributed by atoms with van der Waals surface area (Å²) >= 11 is 6.02. The van der Waals surface area contributed by atoms with Gasteiger partial charge in [0.25, 0.3) is 0 Å². The lowest BCUT2D eigenvalue weighted by Crippen LogP contribution is -2.23. The third-order valence-corrected chi connectivity index (χ3v) is 4.88. The smallest absolute Gasteiger partial charge is 0.201 e. The summed E-state index contributed by atoms with van der Waals surface area (Å²) in [4.78, 5) is 4.44. The van der Waals surface area contributed by atoms with Crippen LogP contribution in [0.3, 0.4) is 0 Å². The second-order valence-electron chi connectivity index (χ2n) is 5.75. The average molecular weight is 278 g/mol. The predicted octanol–water partition coefficient (Wildman–Crippen LogP) is 4.24. The van der Waals surface area contributed by atoms with Gasteiger partial charge in [-0.25, -0.2) is 4.98 Å². The number of hydrogen-bond acceptors (Lipinski definition) is 2. The highest BCUT2D eigenvalue weighted by Gasteiger charge is 2.33. The normalized spacial score (nSPS) is 18.2. The highest BCUT2D eigenvalue weighted by molar-refractivity contribution is 6.31. The van der Waals surface area contributed by atoms with E-state index in [1.165, 1.54) is 32.1 Å². The monoisotopic (exact) mass is 277 g/mol. The van der Waals surface area contributed by atoms with E-state index in [1.54, 1.807) is 0 Å². The van der Waals surface area contributed by atoms with Crippen LogP contribution in [-0.4, -0.2) is 9.55 Å². The summed E-state index contributed by atoms with van der Waals surface area (Å²) in [6.45, 7) is 3.27. The molecule has 3 nitrogen and oxygen atoms in total. The molecule has 0 spiro atoms. The summed E-state index contributed by atoms with van der Waals surface area (Å²) in [7, 11) is 0. The third kappa shape index (κ3) is 2.20. The maximum absolute atomic E-state index is 6.10. The SMILES string of the molecule is CCC1(Cn2c(N)nc3cc(Cl)ccc32)CCCC1. The molecule has 102 valence electrons. The Kier molecular flexibility index (Phi) is 3.17. The molecule has 0 saturated heterocycles. The Labute approximate surface area is 118 Å². The minimum Gasteiger partial charge on any atom is -0.369 e. The Morgan fingerprint density at radius 3 is 2.79 bits per heavy atom. The molecule has 0 bridgehead atoms. The summed E-state index contributed by atoms with van der Waals surface area (Å²) in [6, 6.07) is 5.82. The van der Waals surface area contributed by atoms with Crippen molar-refractivity contribution in [1.29, 1.82) is 0 Å². The van der Waals surface area contributed by atoms with Crippen LogP contribution in [0.4, 0.5) is 5.95 Å². The Morgan fingerprint density at radius 2 is 2.11 bits per heavy atom. The van der Waals surface area contributed by atoms with E-state index in [0.717, 1.165) is 17.6 Å². The number of nitrogens with zero attached hydrogens (tertiary/aromatic N) is 2. The van der Waals surface area contributed by atoms with Crippen molar-refractivity contribution in [3.05, 3.63) is 23.2 Å². The summed E-state index contributed by atoms with van der Waals surface area (Å²) in [5.74, 6) is 0.608. The van der Waals surface area contributed by atoms with Crippen molar-refractivity contribution in [2.75, 3.05) is 5.73 Å². The fourth-order valence-electron chi connectivity index (χ4n) is 3.37. The second kappa shape index (κ2) is 4.71. The number of rotatable bonds is 3. The molecule has 0 amide bonds. The van der Waals surface area contributed by atoms with Crippen LogP contribution in [0.25, 0.3) is 11.0 Å². The number of fused-ring (bicyclic) bond motifs is 1. The van der Waals surface area contributed by atoms with E-state index >= 15 is 0 Å². The van der Waals surface area contributed by atoms with E-state index in [1.807, 2.05) is 18.2 Å². The molecule has 2 aromatic rings. The van der Waals surface area contributed by atoms with E-state index in [2.05, 4.69) is 16.5 Å². The number of hydrogen-bond donors (Lipinski definition) is 1. The highest BCUT2D eigenvalue weighted by atomic mass is 35.5. The summed E-state index contributed by atoms with van der Waals surface area (Å²) in [5, 5.41) is 0.711. The predicted molar refractivity (Wildman–Crippen MR) is 80.3 cm³/mol. The largest absolute Gasteiger partial charge is 0.369 e. The quantitative estimate of drug-likeness (QED) is 0.912. The minimum atomic E-state index is 0.404. The molecule has 19 heavy (non-hydrogen) atoms. The van der Waals surface area contributed by atoms with Crippen molar-refractivity contribution in [2.45, 2.75) is 45.6 Å². The second-order valence-corrected chi connectivity index (χ2v) is 6.19. The zero-order valence-corrected chi connectivity index (χ0v) is 12.1. The minimum absolute atomic E-state index is 0.404. The van der Waals surface area contributed by atoms with Gasteiger partial charge in [-0.05, 0) is 42.9 Å². The molecule has 1 aromatic carbocycles. The topological polar surface area (TPSA) is 43.8 Å². The Balaban J connectivity index is 2.02. The molecule has 0 radical (unpaired) electrons. The Bertz CT molecular complexity index is 597. The number of imidazole rings is 1. The van der Waals surface area contributed by atoms with E-state index in [4.69, 9.17) is 17.3 Å². The molecule has 0 aliphatic heterocycles. The van der Waals surface area contributed by atoms with Crippen molar-refractivity contribution in [1.82, 2.24) is 9.55 Å². The van der Waals surface area contributed by atoms with Crippen molar-refractivity contribution in [3.63, 3.8) is 0 Å². The zero-order valence-electron chi connectivity index (χ0n) is 11.3. The zero-order chi connectivity index (χ0) is 13.5. The van der Waals surface area contributed by atoms with Gasteiger partial charge in [0.05, 0.1) is 11.0 Å². The molecule has 1 saturated carbocycles. The van der Waals surface area contributed by atoms with E-state index in [9.17, 15) is 0 Å². The molecule has 1 aromatic heterocycles. The van der Waals surface area contributed by atoms with Gasteiger partial charge >= 0.3 is 0 Å². The lowest BCUT2D eigenvalue weighted by Gasteiger charge is -2.28. The van der Waals surface area contributed by atoms with Crippen LogP contribution in [-0.2, 0) is 6.54 Å². The molecule has 4 heteroatoms. The molecule has 3 rings (SSSR count). The van der Waals surface area contributed by atoms with Gasteiger partial charge in [-0.1, -0.05) is 31.4 Å². The van der Waals surface area contributed by atoms with Gasteiger partial charge in [0.15, 0.2) is 0 Å². The number of aromatic nitrogens is 2. The van der Waals surface area contributed by atoms with Gasteiger partial charge in [-0.2, -0.15) is 0 Å². The van der Waals surface area contributed by atoms with Gasteiger partial charge in [0.2, 0.25) is 5.95 Å². The first kappa shape index (κ1) is 12.8. The molecule has 1 heterocycles. The first-order valence-electron chi connectivity index (χ1n) is 7.05. The van der Waals surface area contributed by atoms with Crippen molar-refractivity contribution in [3.8, 4) is 0 Å². The van der Waals surface area contributed by atoms with Gasteiger partial charge in [0, 0.05) is 11.6 Å². The van der Waals surface area contributed by atoms with Crippen molar-refractivity contribution < 1.29 is 0 Å². The molecule has 0 atom stereocenters. The number of nitrogen functional groups attached to an aromatic ring is 1. The van der Waals surface area contributed by atoms with Crippen LogP contribution in [0, 0.1) is 5.41 Å². The van der Waals surface area contributed by atoms with Crippen molar-refractivity contribution in [2.24, 2.45) is 5.41 Å². The van der Waals surface area contributed by atoms with Gasteiger partial charge in [-0.15, -0.1) is 0 Å². The van der Waals surface area contributed by atoms with Crippen LogP contribution in [0.1, 0.15) is 39.0 Å². The Hall–Kier alpha value is -1.22. The van der Waals surface area contributed by atoms with Gasteiger partial charge < -0.3 is 10.3 Å². The maximum atomic E-state index is 6.10. The molecule has 1 fully saturated rings. The van der Waals surface area contributed by atoms with Crippen LogP contribution in [0.2, 0.25) is 5.02 Å². The Morgan fingerprint density at radius 1 is 1.37 bits per heavy atom. The maximum Gasteiger partial charge on any atom is 0.201 e. The lowest BCUT2D eigenvalue weighted by molar-refractivity contribution is 0.242. The summed E-state index contributed by atoms with van der Waals surface area (Å²) in [6.07, 6.45) is 6.49. The van der Waals surface area contributed by atoms with Crippen LogP contribution >= 0.6 is 11.6 Å².